The fourth-order valence-electron chi connectivity index (χ4n) is 3.82. The number of amides is 1. The molecule has 0 bridgehead atoms. The molecule has 1 saturated heterocycles. The molecule has 0 unspecified atom stereocenters. The molecule has 0 aliphatic carbocycles. The zero-order chi connectivity index (χ0) is 19.0. The van der Waals surface area contributed by atoms with E-state index in [9.17, 15) is 9.59 Å². The van der Waals surface area contributed by atoms with Gasteiger partial charge in [0.2, 0.25) is 5.91 Å². The Hall–Kier alpha value is -2.87. The number of benzene rings is 1. The molecule has 3 heterocycles. The van der Waals surface area contributed by atoms with Gasteiger partial charge in [-0.1, -0.05) is 0 Å². The minimum atomic E-state index is -0.250. The van der Waals surface area contributed by atoms with Crippen LogP contribution in [0, 0.1) is 13.8 Å². The highest BCUT2D eigenvalue weighted by atomic mass is 16.1. The molecule has 27 heavy (non-hydrogen) atoms. The number of carbonyl (C=O) groups excluding carboxylic acids is 1. The third kappa shape index (κ3) is 3.80. The van der Waals surface area contributed by atoms with Crippen molar-refractivity contribution in [2.45, 2.75) is 32.7 Å². The van der Waals surface area contributed by atoms with Gasteiger partial charge in [-0.05, 0) is 44.5 Å². The standard InChI is InChI=1S/C19H24N6O2/c1-12-9-13(2)25(23-12)15-5-7-24(11-15)8-6-18(26)20-14-3-4-16-17(10-14)22-19(27)21-16/h3-4,9-10,15H,5-8,11H2,1-2H3,(H,20,26)(H2,21,22,27)/t15-/m1/s1. The van der Waals surface area contributed by atoms with Crippen LogP contribution in [0.5, 0.6) is 0 Å². The average molecular weight is 368 g/mol. The molecule has 1 fully saturated rings. The van der Waals surface area contributed by atoms with Crippen LogP contribution >= 0.6 is 0 Å². The molecule has 0 saturated carbocycles. The number of rotatable bonds is 5. The lowest BCUT2D eigenvalue weighted by molar-refractivity contribution is -0.116. The van der Waals surface area contributed by atoms with Crippen LogP contribution in [0.1, 0.15) is 30.3 Å². The van der Waals surface area contributed by atoms with Crippen molar-refractivity contribution >= 4 is 22.6 Å². The summed E-state index contributed by atoms with van der Waals surface area (Å²) in [6, 6.07) is 7.82. The topological polar surface area (TPSA) is 98.8 Å². The van der Waals surface area contributed by atoms with Gasteiger partial charge in [0, 0.05) is 37.4 Å². The van der Waals surface area contributed by atoms with Crippen LogP contribution in [0.3, 0.4) is 0 Å². The predicted octanol–water partition coefficient (Wildman–Crippen LogP) is 1.95. The first-order valence-electron chi connectivity index (χ1n) is 9.25. The SMILES string of the molecule is Cc1cc(C)n([C@@H]2CCN(CCC(=O)Nc3ccc4[nH]c(=O)[nH]c4c3)C2)n1. The van der Waals surface area contributed by atoms with Crippen LogP contribution < -0.4 is 11.0 Å². The first-order chi connectivity index (χ1) is 13.0. The number of hydrogen-bond acceptors (Lipinski definition) is 4. The molecular formula is C19H24N6O2. The minimum absolute atomic E-state index is 0.0261. The number of imidazole rings is 1. The molecule has 142 valence electrons. The highest BCUT2D eigenvalue weighted by Gasteiger charge is 2.25. The number of hydrogen-bond donors (Lipinski definition) is 3. The van der Waals surface area contributed by atoms with Gasteiger partial charge in [-0.15, -0.1) is 0 Å². The molecule has 8 nitrogen and oxygen atoms in total. The van der Waals surface area contributed by atoms with Crippen molar-refractivity contribution < 1.29 is 4.79 Å². The van der Waals surface area contributed by atoms with Gasteiger partial charge in [0.15, 0.2) is 0 Å². The molecule has 1 aliphatic heterocycles. The molecule has 3 N–H and O–H groups in total. The van der Waals surface area contributed by atoms with Gasteiger partial charge < -0.3 is 20.2 Å². The summed E-state index contributed by atoms with van der Waals surface area (Å²) < 4.78 is 2.11. The quantitative estimate of drug-likeness (QED) is 0.641. The van der Waals surface area contributed by atoms with Crippen LogP contribution in [0.25, 0.3) is 11.0 Å². The first-order valence-corrected chi connectivity index (χ1v) is 9.25. The first kappa shape index (κ1) is 17.5. The number of aromatic amines is 2. The lowest BCUT2D eigenvalue weighted by atomic mass is 10.2. The van der Waals surface area contributed by atoms with Crippen LogP contribution in [0.2, 0.25) is 0 Å². The monoisotopic (exact) mass is 368 g/mol. The van der Waals surface area contributed by atoms with E-state index < -0.39 is 0 Å². The maximum atomic E-state index is 12.3. The largest absolute Gasteiger partial charge is 0.326 e. The Morgan fingerprint density at radius 2 is 2.07 bits per heavy atom. The fraction of sp³-hybridized carbons (Fsp3) is 0.421. The van der Waals surface area contributed by atoms with E-state index >= 15 is 0 Å². The number of aromatic nitrogens is 4. The van der Waals surface area contributed by atoms with Crippen LogP contribution in [0.4, 0.5) is 5.69 Å². The number of carbonyl (C=O) groups is 1. The van der Waals surface area contributed by atoms with Gasteiger partial charge in [-0.25, -0.2) is 4.79 Å². The van der Waals surface area contributed by atoms with E-state index in [1.807, 2.05) is 6.92 Å². The number of likely N-dealkylation sites (tertiary alicyclic amines) is 1. The maximum Gasteiger partial charge on any atom is 0.323 e. The van der Waals surface area contributed by atoms with Gasteiger partial charge >= 0.3 is 5.69 Å². The summed E-state index contributed by atoms with van der Waals surface area (Å²) in [5.41, 5.74) is 4.08. The van der Waals surface area contributed by atoms with E-state index in [1.54, 1.807) is 18.2 Å². The van der Waals surface area contributed by atoms with Gasteiger partial charge in [0.25, 0.3) is 0 Å². The zero-order valence-electron chi connectivity index (χ0n) is 15.6. The van der Waals surface area contributed by atoms with Crippen molar-refractivity contribution in [1.29, 1.82) is 0 Å². The highest BCUT2D eigenvalue weighted by Crippen LogP contribution is 2.23. The number of H-pyrrole nitrogens is 2. The smallest absolute Gasteiger partial charge is 0.323 e. The second-order valence-corrected chi connectivity index (χ2v) is 7.25. The van der Waals surface area contributed by atoms with E-state index in [0.717, 1.165) is 37.3 Å². The van der Waals surface area contributed by atoms with Crippen molar-refractivity contribution in [2.75, 3.05) is 25.0 Å². The molecular weight excluding hydrogens is 344 g/mol. The van der Waals surface area contributed by atoms with Crippen molar-refractivity contribution in [3.05, 3.63) is 46.1 Å². The predicted molar refractivity (Wildman–Crippen MR) is 104 cm³/mol. The Bertz CT molecular complexity index is 1030. The number of fused-ring (bicyclic) bond motifs is 1. The zero-order valence-corrected chi connectivity index (χ0v) is 15.6. The van der Waals surface area contributed by atoms with Gasteiger partial charge in [-0.3, -0.25) is 9.48 Å². The Labute approximate surface area is 156 Å². The molecule has 0 radical (unpaired) electrons. The minimum Gasteiger partial charge on any atom is -0.326 e. The number of nitrogens with zero attached hydrogens (tertiary/aromatic N) is 3. The van der Waals surface area contributed by atoms with E-state index in [1.165, 1.54) is 5.69 Å². The summed E-state index contributed by atoms with van der Waals surface area (Å²) in [6.07, 6.45) is 1.49. The summed E-state index contributed by atoms with van der Waals surface area (Å²) >= 11 is 0. The van der Waals surface area contributed by atoms with Gasteiger partial charge in [0.05, 0.1) is 22.8 Å². The fourth-order valence-corrected chi connectivity index (χ4v) is 3.82. The molecule has 1 amide bonds. The van der Waals surface area contributed by atoms with Crippen LogP contribution in [-0.2, 0) is 4.79 Å². The Morgan fingerprint density at radius 1 is 1.26 bits per heavy atom. The van der Waals surface area contributed by atoms with Crippen molar-refractivity contribution in [3.8, 4) is 0 Å². The molecule has 2 aromatic heterocycles. The number of anilines is 1. The molecule has 1 aromatic carbocycles. The van der Waals surface area contributed by atoms with Crippen molar-refractivity contribution in [3.63, 3.8) is 0 Å². The molecule has 0 spiro atoms. The second-order valence-electron chi connectivity index (χ2n) is 7.25. The normalized spacial score (nSPS) is 17.6. The lowest BCUT2D eigenvalue weighted by Crippen LogP contribution is -2.26. The Kier molecular flexibility index (Phi) is 4.57. The average Bonchev–Trinajstić information content (AvgIpc) is 3.30. The van der Waals surface area contributed by atoms with E-state index in [0.29, 0.717) is 23.7 Å². The summed E-state index contributed by atoms with van der Waals surface area (Å²) in [7, 11) is 0. The molecule has 1 atom stereocenters. The van der Waals surface area contributed by atoms with Gasteiger partial charge in [0.1, 0.15) is 0 Å². The van der Waals surface area contributed by atoms with Crippen molar-refractivity contribution in [1.82, 2.24) is 24.6 Å². The van der Waals surface area contributed by atoms with Crippen LogP contribution in [0.15, 0.2) is 29.1 Å². The summed E-state index contributed by atoms with van der Waals surface area (Å²) in [5.74, 6) is -0.0261. The molecule has 8 heteroatoms. The Morgan fingerprint density at radius 3 is 2.85 bits per heavy atom. The molecule has 1 aliphatic rings. The number of aryl methyl sites for hydroxylation is 2. The molecule has 3 aromatic rings. The maximum absolute atomic E-state index is 12.3. The van der Waals surface area contributed by atoms with Gasteiger partial charge in [-0.2, -0.15) is 5.10 Å². The second kappa shape index (κ2) is 7.03. The third-order valence-corrected chi connectivity index (χ3v) is 5.09. The van der Waals surface area contributed by atoms with E-state index in [4.69, 9.17) is 0 Å². The van der Waals surface area contributed by atoms with E-state index in [2.05, 4.69) is 43.0 Å². The lowest BCUT2D eigenvalue weighted by Gasteiger charge is -2.17. The van der Waals surface area contributed by atoms with Crippen LogP contribution in [-0.4, -0.2) is 50.2 Å². The summed E-state index contributed by atoms with van der Waals surface area (Å²) in [5, 5.41) is 7.49. The summed E-state index contributed by atoms with van der Waals surface area (Å²) in [6.45, 7) is 6.73. The van der Waals surface area contributed by atoms with Crippen molar-refractivity contribution in [2.24, 2.45) is 0 Å². The van der Waals surface area contributed by atoms with E-state index in [-0.39, 0.29) is 11.6 Å². The highest BCUT2D eigenvalue weighted by molar-refractivity contribution is 5.93. The Balaban J connectivity index is 1.30. The molecule has 4 rings (SSSR count). The number of nitrogens with one attached hydrogen (secondary N) is 3. The third-order valence-electron chi connectivity index (χ3n) is 5.09. The summed E-state index contributed by atoms with van der Waals surface area (Å²) in [4.78, 5) is 31.3.